The van der Waals surface area contributed by atoms with Gasteiger partial charge in [-0.05, 0) is 81.9 Å². The molecule has 0 saturated heterocycles. The number of aromatic nitrogens is 4. The van der Waals surface area contributed by atoms with Crippen molar-refractivity contribution in [3.05, 3.63) is 64.8 Å². The standard InChI is InChI=1S/C26H30ClN5O3/c1-31(2)24(26(33)34)18-13-17-14-19(27)8-11-21(17)32-22(15-18)29-30-25(32)16-6-9-20(10-7-16)35-23-5-3-4-12-28-23/h3-5,8,11-12,14,16,18,20,24H,6-7,9-10,13,15H2,1-2H3,(H,33,34). The van der Waals surface area contributed by atoms with E-state index < -0.39 is 12.0 Å². The first kappa shape index (κ1) is 23.8. The Kier molecular flexibility index (Phi) is 6.75. The molecule has 1 aliphatic heterocycles. The van der Waals surface area contributed by atoms with Crippen molar-refractivity contribution < 1.29 is 14.6 Å². The number of ether oxygens (including phenoxy) is 1. The molecule has 184 valence electrons. The molecule has 1 fully saturated rings. The smallest absolute Gasteiger partial charge is 0.321 e. The van der Waals surface area contributed by atoms with Crippen LogP contribution in [0.2, 0.25) is 5.02 Å². The van der Waals surface area contributed by atoms with E-state index in [1.54, 1.807) is 11.1 Å². The second-order valence-electron chi connectivity index (χ2n) is 9.76. The number of likely N-dealkylation sites (N-methyl/N-ethyl adjacent to an activating group) is 1. The van der Waals surface area contributed by atoms with Crippen molar-refractivity contribution in [3.8, 4) is 11.6 Å². The van der Waals surface area contributed by atoms with E-state index in [1.165, 1.54) is 0 Å². The minimum atomic E-state index is -0.831. The van der Waals surface area contributed by atoms with Crippen molar-refractivity contribution in [2.24, 2.45) is 5.92 Å². The lowest BCUT2D eigenvalue weighted by atomic mass is 9.86. The minimum Gasteiger partial charge on any atom is -0.480 e. The number of fused-ring (bicyclic) bond motifs is 3. The maximum absolute atomic E-state index is 12.1. The first-order chi connectivity index (χ1) is 16.9. The molecule has 1 aromatic carbocycles. The average Bonchev–Trinajstić information content (AvgIpc) is 3.16. The molecule has 2 aliphatic rings. The van der Waals surface area contributed by atoms with Crippen LogP contribution in [0, 0.1) is 5.92 Å². The molecule has 2 atom stereocenters. The number of pyridine rings is 1. The minimum absolute atomic E-state index is 0.138. The molecule has 35 heavy (non-hydrogen) atoms. The molecule has 2 aromatic heterocycles. The van der Waals surface area contributed by atoms with Crippen LogP contribution >= 0.6 is 11.6 Å². The number of carboxylic acid groups (broad SMARTS) is 1. The number of hydrogen-bond acceptors (Lipinski definition) is 6. The van der Waals surface area contributed by atoms with Crippen LogP contribution in [0.3, 0.4) is 0 Å². The summed E-state index contributed by atoms with van der Waals surface area (Å²) >= 11 is 6.37. The quantitative estimate of drug-likeness (QED) is 0.549. The summed E-state index contributed by atoms with van der Waals surface area (Å²) in [4.78, 5) is 18.2. The van der Waals surface area contributed by atoms with Gasteiger partial charge in [0.25, 0.3) is 0 Å². The maximum atomic E-state index is 12.1. The van der Waals surface area contributed by atoms with Crippen LogP contribution in [0.1, 0.15) is 48.8 Å². The highest BCUT2D eigenvalue weighted by molar-refractivity contribution is 6.30. The number of carbonyl (C=O) groups is 1. The number of nitrogens with zero attached hydrogens (tertiary/aromatic N) is 5. The lowest BCUT2D eigenvalue weighted by molar-refractivity contribution is -0.144. The zero-order valence-corrected chi connectivity index (χ0v) is 20.7. The van der Waals surface area contributed by atoms with Crippen LogP contribution in [-0.4, -0.2) is 62.0 Å². The van der Waals surface area contributed by atoms with Gasteiger partial charge in [-0.2, -0.15) is 0 Å². The Morgan fingerprint density at radius 3 is 2.63 bits per heavy atom. The predicted octanol–water partition coefficient (Wildman–Crippen LogP) is 4.15. The highest BCUT2D eigenvalue weighted by atomic mass is 35.5. The van der Waals surface area contributed by atoms with E-state index in [-0.39, 0.29) is 17.9 Å². The van der Waals surface area contributed by atoms with Gasteiger partial charge in [0.15, 0.2) is 0 Å². The number of aliphatic carboxylic acids is 1. The molecule has 0 spiro atoms. The Bertz CT molecular complexity index is 1190. The topological polar surface area (TPSA) is 93.4 Å². The molecule has 0 radical (unpaired) electrons. The van der Waals surface area contributed by atoms with E-state index >= 15 is 0 Å². The van der Waals surface area contributed by atoms with Gasteiger partial charge in [0, 0.05) is 29.6 Å². The van der Waals surface area contributed by atoms with Gasteiger partial charge in [-0.3, -0.25) is 14.3 Å². The molecule has 1 saturated carbocycles. The number of benzene rings is 1. The third-order valence-corrected chi connectivity index (χ3v) is 7.42. The van der Waals surface area contributed by atoms with Crippen molar-refractivity contribution in [1.82, 2.24) is 24.6 Å². The molecular weight excluding hydrogens is 466 g/mol. The van der Waals surface area contributed by atoms with Crippen LogP contribution in [-0.2, 0) is 17.6 Å². The first-order valence-corrected chi connectivity index (χ1v) is 12.5. The Hall–Kier alpha value is -2.97. The molecule has 9 heteroatoms. The van der Waals surface area contributed by atoms with E-state index in [9.17, 15) is 9.90 Å². The molecule has 1 aliphatic carbocycles. The number of halogens is 1. The summed E-state index contributed by atoms with van der Waals surface area (Å²) in [5, 5.41) is 19.8. The zero-order valence-electron chi connectivity index (χ0n) is 20.0. The van der Waals surface area contributed by atoms with Crippen molar-refractivity contribution in [1.29, 1.82) is 0 Å². The van der Waals surface area contributed by atoms with Crippen LogP contribution in [0.15, 0.2) is 42.6 Å². The molecule has 1 N–H and O–H groups in total. The van der Waals surface area contributed by atoms with Gasteiger partial charge in [-0.1, -0.05) is 17.7 Å². The summed E-state index contributed by atoms with van der Waals surface area (Å²) in [6.45, 7) is 0. The summed E-state index contributed by atoms with van der Waals surface area (Å²) in [5.74, 6) is 1.69. The van der Waals surface area contributed by atoms with Crippen LogP contribution in [0.25, 0.3) is 5.69 Å². The number of rotatable bonds is 6. The summed E-state index contributed by atoms with van der Waals surface area (Å²) in [6, 6.07) is 10.9. The Morgan fingerprint density at radius 1 is 1.14 bits per heavy atom. The van der Waals surface area contributed by atoms with E-state index in [2.05, 4.69) is 19.7 Å². The summed E-state index contributed by atoms with van der Waals surface area (Å²) in [6.07, 6.45) is 6.75. The molecule has 2 unspecified atom stereocenters. The highest BCUT2D eigenvalue weighted by Gasteiger charge is 2.36. The third kappa shape index (κ3) is 4.90. The fourth-order valence-electron chi connectivity index (χ4n) is 5.61. The molecular formula is C26H30ClN5O3. The Morgan fingerprint density at radius 2 is 1.94 bits per heavy atom. The van der Waals surface area contributed by atoms with E-state index in [0.29, 0.717) is 23.7 Å². The largest absolute Gasteiger partial charge is 0.480 e. The second-order valence-corrected chi connectivity index (χ2v) is 10.2. The monoisotopic (exact) mass is 495 g/mol. The third-order valence-electron chi connectivity index (χ3n) is 7.18. The molecule has 0 amide bonds. The van der Waals surface area contributed by atoms with Gasteiger partial charge < -0.3 is 9.84 Å². The lowest BCUT2D eigenvalue weighted by Gasteiger charge is -2.28. The Balaban J connectivity index is 1.43. The van der Waals surface area contributed by atoms with Gasteiger partial charge >= 0.3 is 5.97 Å². The Labute approximate surface area is 209 Å². The van der Waals surface area contributed by atoms with Crippen LogP contribution in [0.5, 0.6) is 5.88 Å². The molecule has 0 bridgehead atoms. The number of carboxylic acids is 1. The van der Waals surface area contributed by atoms with Crippen molar-refractivity contribution in [2.45, 2.75) is 56.6 Å². The van der Waals surface area contributed by atoms with Crippen LogP contribution < -0.4 is 4.74 Å². The predicted molar refractivity (Wildman–Crippen MR) is 132 cm³/mol. The van der Waals surface area contributed by atoms with Crippen molar-refractivity contribution in [3.63, 3.8) is 0 Å². The second kappa shape index (κ2) is 9.95. The van der Waals surface area contributed by atoms with E-state index in [1.807, 2.05) is 50.5 Å². The maximum Gasteiger partial charge on any atom is 0.321 e. The molecule has 5 rings (SSSR count). The fraction of sp³-hybridized carbons (Fsp3) is 0.462. The first-order valence-electron chi connectivity index (χ1n) is 12.1. The summed E-state index contributed by atoms with van der Waals surface area (Å²) in [7, 11) is 3.62. The normalized spacial score (nSPS) is 22.7. The van der Waals surface area contributed by atoms with Crippen molar-refractivity contribution in [2.75, 3.05) is 14.1 Å². The fourth-order valence-corrected chi connectivity index (χ4v) is 5.80. The van der Waals surface area contributed by atoms with Crippen LogP contribution in [0.4, 0.5) is 0 Å². The highest BCUT2D eigenvalue weighted by Crippen LogP contribution is 2.38. The molecule has 8 nitrogen and oxygen atoms in total. The van der Waals surface area contributed by atoms with Gasteiger partial charge in [0.05, 0.1) is 5.69 Å². The lowest BCUT2D eigenvalue weighted by Crippen LogP contribution is -2.43. The number of hydrogen-bond donors (Lipinski definition) is 1. The van der Waals surface area contributed by atoms with Gasteiger partial charge in [0.2, 0.25) is 5.88 Å². The molecule has 3 heterocycles. The van der Waals surface area contributed by atoms with E-state index in [0.717, 1.165) is 48.6 Å². The summed E-state index contributed by atoms with van der Waals surface area (Å²) < 4.78 is 8.24. The molecule has 3 aromatic rings. The van der Waals surface area contributed by atoms with Crippen molar-refractivity contribution >= 4 is 17.6 Å². The SMILES string of the molecule is CN(C)C(C(=O)O)C1Cc2cc(Cl)ccc2-n2c(nnc2C2CCC(Oc3ccccn3)CC2)C1. The van der Waals surface area contributed by atoms with Gasteiger partial charge in [-0.25, -0.2) is 4.98 Å². The van der Waals surface area contributed by atoms with Gasteiger partial charge in [-0.15, -0.1) is 10.2 Å². The van der Waals surface area contributed by atoms with E-state index in [4.69, 9.17) is 16.3 Å². The summed E-state index contributed by atoms with van der Waals surface area (Å²) in [5.41, 5.74) is 2.03. The zero-order chi connectivity index (χ0) is 24.5. The van der Waals surface area contributed by atoms with Gasteiger partial charge in [0.1, 0.15) is 23.8 Å². The average molecular weight is 496 g/mol.